The van der Waals surface area contributed by atoms with Crippen LogP contribution in [0.2, 0.25) is 0 Å². The van der Waals surface area contributed by atoms with E-state index in [1.165, 1.54) is 11.3 Å². The first-order chi connectivity index (χ1) is 11.7. The minimum atomic E-state index is -0.128. The fraction of sp³-hybridized carbons (Fsp3) is 0.421. The van der Waals surface area contributed by atoms with Crippen LogP contribution in [-0.2, 0) is 12.0 Å². The summed E-state index contributed by atoms with van der Waals surface area (Å²) in [5, 5.41) is 0.993. The Balaban J connectivity index is 2.00. The van der Waals surface area contributed by atoms with Crippen LogP contribution in [0.4, 0.5) is 0 Å². The van der Waals surface area contributed by atoms with Crippen LogP contribution in [0.3, 0.4) is 0 Å². The normalized spacial score (nSPS) is 11.9. The van der Waals surface area contributed by atoms with Crippen molar-refractivity contribution in [3.8, 4) is 0 Å². The third kappa shape index (κ3) is 3.31. The van der Waals surface area contributed by atoms with Crippen LogP contribution in [0.1, 0.15) is 53.3 Å². The van der Waals surface area contributed by atoms with Crippen LogP contribution in [-0.4, -0.2) is 27.8 Å². The van der Waals surface area contributed by atoms with Gasteiger partial charge in [-0.15, -0.1) is 11.3 Å². The number of thiophene rings is 1. The zero-order valence-electron chi connectivity index (χ0n) is 15.5. The van der Waals surface area contributed by atoms with E-state index in [0.29, 0.717) is 11.4 Å². The van der Waals surface area contributed by atoms with E-state index in [1.54, 1.807) is 18.2 Å². The van der Waals surface area contributed by atoms with E-state index in [1.807, 2.05) is 26.0 Å². The molecule has 0 unspecified atom stereocenters. The molecule has 0 spiro atoms. The van der Waals surface area contributed by atoms with Gasteiger partial charge in [0.1, 0.15) is 16.4 Å². The van der Waals surface area contributed by atoms with Crippen molar-refractivity contribution in [2.45, 2.75) is 46.6 Å². The fourth-order valence-corrected chi connectivity index (χ4v) is 3.99. The van der Waals surface area contributed by atoms with Gasteiger partial charge in [-0.3, -0.25) is 4.79 Å². The van der Waals surface area contributed by atoms with E-state index in [0.717, 1.165) is 33.1 Å². The Kier molecular flexibility index (Phi) is 4.41. The quantitative estimate of drug-likeness (QED) is 0.694. The van der Waals surface area contributed by atoms with Crippen molar-refractivity contribution in [1.29, 1.82) is 0 Å². The molecule has 0 atom stereocenters. The van der Waals surface area contributed by atoms with E-state index >= 15 is 0 Å². The summed E-state index contributed by atoms with van der Waals surface area (Å²) in [6.07, 6.45) is 1.62. The lowest BCUT2D eigenvalue weighted by Gasteiger charge is -2.16. The van der Waals surface area contributed by atoms with Gasteiger partial charge in [0.25, 0.3) is 5.91 Å². The molecule has 0 aliphatic rings. The van der Waals surface area contributed by atoms with Crippen molar-refractivity contribution in [2.75, 3.05) is 7.05 Å². The van der Waals surface area contributed by atoms with Gasteiger partial charge in [-0.25, -0.2) is 9.97 Å². The van der Waals surface area contributed by atoms with Gasteiger partial charge in [-0.2, -0.15) is 0 Å². The van der Waals surface area contributed by atoms with Crippen LogP contribution in [0.5, 0.6) is 0 Å². The van der Waals surface area contributed by atoms with Crippen molar-refractivity contribution in [3.05, 3.63) is 46.1 Å². The summed E-state index contributed by atoms with van der Waals surface area (Å²) >= 11 is 1.44. The Labute approximate surface area is 151 Å². The zero-order chi connectivity index (χ0) is 18.4. The second-order valence-electron chi connectivity index (χ2n) is 7.36. The van der Waals surface area contributed by atoms with Crippen molar-refractivity contribution in [3.63, 3.8) is 0 Å². The Morgan fingerprint density at radius 1 is 1.28 bits per heavy atom. The third-order valence-electron chi connectivity index (χ3n) is 4.16. The number of nitrogens with zero attached hydrogens (tertiary/aromatic N) is 3. The Morgan fingerprint density at radius 3 is 2.60 bits per heavy atom. The highest BCUT2D eigenvalue weighted by Gasteiger charge is 2.24. The maximum atomic E-state index is 12.9. The number of amides is 1. The Morgan fingerprint density at radius 2 is 2.00 bits per heavy atom. The molecule has 25 heavy (non-hydrogen) atoms. The van der Waals surface area contributed by atoms with Crippen LogP contribution in [0.25, 0.3) is 10.2 Å². The predicted molar refractivity (Wildman–Crippen MR) is 100 cm³/mol. The number of fused-ring (bicyclic) bond motifs is 1. The summed E-state index contributed by atoms with van der Waals surface area (Å²) in [5.74, 6) is 1.55. The van der Waals surface area contributed by atoms with Gasteiger partial charge < -0.3 is 9.32 Å². The molecule has 3 rings (SSSR count). The molecule has 0 aliphatic carbocycles. The summed E-state index contributed by atoms with van der Waals surface area (Å²) < 4.78 is 5.34. The van der Waals surface area contributed by atoms with Crippen LogP contribution < -0.4 is 0 Å². The molecule has 0 aromatic carbocycles. The number of rotatable bonds is 3. The maximum Gasteiger partial charge on any atom is 0.264 e. The molecule has 6 heteroatoms. The largest absolute Gasteiger partial charge is 0.467 e. The second kappa shape index (κ2) is 6.26. The summed E-state index contributed by atoms with van der Waals surface area (Å²) in [6.45, 7) is 10.7. The molecule has 0 bridgehead atoms. The van der Waals surface area contributed by atoms with Gasteiger partial charge in [-0.1, -0.05) is 20.8 Å². The molecule has 0 fully saturated rings. The lowest BCUT2D eigenvalue weighted by atomic mass is 9.95. The lowest BCUT2D eigenvalue weighted by Crippen LogP contribution is -2.25. The molecule has 0 saturated carbocycles. The van der Waals surface area contributed by atoms with E-state index in [2.05, 4.69) is 25.8 Å². The zero-order valence-corrected chi connectivity index (χ0v) is 16.3. The molecule has 3 heterocycles. The van der Waals surface area contributed by atoms with Crippen molar-refractivity contribution in [2.24, 2.45) is 0 Å². The van der Waals surface area contributed by atoms with Crippen molar-refractivity contribution in [1.82, 2.24) is 14.9 Å². The molecule has 1 amide bonds. The number of hydrogen-bond donors (Lipinski definition) is 0. The standard InChI is InChI=1S/C19H23N3O2S/c1-11-14-12(2)20-18(19(3,4)5)21-16(14)25-15(11)17(23)22(6)10-13-8-7-9-24-13/h7-9H,10H2,1-6H3. The predicted octanol–water partition coefficient (Wildman–Crippen LogP) is 4.47. The fourth-order valence-electron chi connectivity index (χ4n) is 2.76. The molecular weight excluding hydrogens is 334 g/mol. The number of aromatic nitrogens is 2. The third-order valence-corrected chi connectivity index (χ3v) is 5.33. The smallest absolute Gasteiger partial charge is 0.264 e. The number of furan rings is 1. The Hall–Kier alpha value is -2.21. The molecule has 3 aromatic rings. The molecule has 0 radical (unpaired) electrons. The van der Waals surface area contributed by atoms with Crippen LogP contribution in [0.15, 0.2) is 22.8 Å². The van der Waals surface area contributed by atoms with E-state index in [9.17, 15) is 4.79 Å². The average Bonchev–Trinajstić information content (AvgIpc) is 3.13. The monoisotopic (exact) mass is 357 g/mol. The molecule has 5 nitrogen and oxygen atoms in total. The molecule has 0 N–H and O–H groups in total. The average molecular weight is 357 g/mol. The highest BCUT2D eigenvalue weighted by atomic mass is 32.1. The van der Waals surface area contributed by atoms with Crippen molar-refractivity contribution >= 4 is 27.5 Å². The molecule has 132 valence electrons. The van der Waals surface area contributed by atoms with E-state index in [4.69, 9.17) is 9.40 Å². The van der Waals surface area contributed by atoms with Crippen molar-refractivity contribution < 1.29 is 9.21 Å². The van der Waals surface area contributed by atoms with Gasteiger partial charge in [0.05, 0.1) is 23.4 Å². The number of aryl methyl sites for hydroxylation is 2. The van der Waals surface area contributed by atoms with Crippen LogP contribution >= 0.6 is 11.3 Å². The second-order valence-corrected chi connectivity index (χ2v) is 8.36. The van der Waals surface area contributed by atoms with Gasteiger partial charge in [0.2, 0.25) is 0 Å². The van der Waals surface area contributed by atoms with Gasteiger partial charge in [0, 0.05) is 17.8 Å². The summed E-state index contributed by atoms with van der Waals surface area (Å²) in [6, 6.07) is 3.69. The highest BCUT2D eigenvalue weighted by molar-refractivity contribution is 7.20. The summed E-state index contributed by atoms with van der Waals surface area (Å²) in [4.78, 5) is 25.6. The molecule has 0 saturated heterocycles. The van der Waals surface area contributed by atoms with Crippen LogP contribution in [0, 0.1) is 13.8 Å². The number of carbonyl (C=O) groups is 1. The van der Waals surface area contributed by atoms with E-state index in [-0.39, 0.29) is 11.3 Å². The minimum absolute atomic E-state index is 0.0198. The highest BCUT2D eigenvalue weighted by Crippen LogP contribution is 2.33. The van der Waals surface area contributed by atoms with Gasteiger partial charge in [0.15, 0.2) is 0 Å². The topological polar surface area (TPSA) is 59.2 Å². The number of carbonyl (C=O) groups excluding carboxylic acids is 1. The first-order valence-electron chi connectivity index (χ1n) is 8.24. The Bertz CT molecular complexity index is 920. The first-order valence-corrected chi connectivity index (χ1v) is 9.06. The summed E-state index contributed by atoms with van der Waals surface area (Å²) in [5.41, 5.74) is 1.75. The number of hydrogen-bond acceptors (Lipinski definition) is 5. The van der Waals surface area contributed by atoms with Gasteiger partial charge in [-0.05, 0) is 31.5 Å². The minimum Gasteiger partial charge on any atom is -0.467 e. The molecule has 3 aromatic heterocycles. The maximum absolute atomic E-state index is 12.9. The van der Waals surface area contributed by atoms with Gasteiger partial charge >= 0.3 is 0 Å². The molecule has 0 aliphatic heterocycles. The first kappa shape index (κ1) is 17.6. The SMILES string of the molecule is Cc1nc(C(C)(C)C)nc2sc(C(=O)N(C)Cc3ccco3)c(C)c12. The lowest BCUT2D eigenvalue weighted by molar-refractivity contribution is 0.0779. The summed E-state index contributed by atoms with van der Waals surface area (Å²) in [7, 11) is 1.79. The van der Waals surface area contributed by atoms with E-state index < -0.39 is 0 Å². The molecular formula is C19H23N3O2S.